The molecule has 0 radical (unpaired) electrons. The van der Waals surface area contributed by atoms with Gasteiger partial charge in [-0.2, -0.15) is 0 Å². The van der Waals surface area contributed by atoms with E-state index in [2.05, 4.69) is 26.2 Å². The summed E-state index contributed by atoms with van der Waals surface area (Å²) in [6, 6.07) is 7.26. The maximum Gasteiger partial charge on any atom is 0.268 e. The number of methoxy groups -OCH3 is 1. The van der Waals surface area contributed by atoms with Crippen LogP contribution >= 0.6 is 15.9 Å². The van der Waals surface area contributed by atoms with Crippen molar-refractivity contribution in [3.05, 3.63) is 52.6 Å². The van der Waals surface area contributed by atoms with Gasteiger partial charge in [0, 0.05) is 38.2 Å². The molecule has 7 heteroatoms. The van der Waals surface area contributed by atoms with Gasteiger partial charge in [0.05, 0.1) is 18.2 Å². The molecule has 3 aromatic heterocycles. The van der Waals surface area contributed by atoms with E-state index in [9.17, 15) is 4.79 Å². The Bertz CT molecular complexity index is 842. The molecule has 3 heterocycles. The number of amides is 1. The van der Waals surface area contributed by atoms with E-state index in [0.717, 1.165) is 11.1 Å². The summed E-state index contributed by atoms with van der Waals surface area (Å²) >= 11 is 3.32. The quantitative estimate of drug-likeness (QED) is 0.697. The second-order valence-corrected chi connectivity index (χ2v) is 6.23. The van der Waals surface area contributed by atoms with Gasteiger partial charge in [-0.15, -0.1) is 0 Å². The number of furan rings is 1. The lowest BCUT2D eigenvalue weighted by molar-refractivity contribution is 0.0928. The Morgan fingerprint density at radius 1 is 1.42 bits per heavy atom. The van der Waals surface area contributed by atoms with E-state index in [-0.39, 0.29) is 11.9 Å². The number of rotatable bonds is 6. The van der Waals surface area contributed by atoms with Gasteiger partial charge in [-0.3, -0.25) is 9.78 Å². The normalized spacial score (nSPS) is 12.5. The first-order chi connectivity index (χ1) is 11.6. The van der Waals surface area contributed by atoms with Crippen molar-refractivity contribution < 1.29 is 13.9 Å². The molecule has 0 aliphatic heterocycles. The van der Waals surface area contributed by atoms with Crippen LogP contribution in [0.1, 0.15) is 29.0 Å². The molecule has 0 aliphatic carbocycles. The van der Waals surface area contributed by atoms with Crippen LogP contribution in [-0.2, 0) is 11.3 Å². The van der Waals surface area contributed by atoms with Crippen LogP contribution in [-0.4, -0.2) is 29.2 Å². The lowest BCUT2D eigenvalue weighted by Gasteiger charge is -2.15. The van der Waals surface area contributed by atoms with Crippen LogP contribution in [0.5, 0.6) is 0 Å². The molecule has 24 heavy (non-hydrogen) atoms. The fourth-order valence-corrected chi connectivity index (χ4v) is 3.02. The third kappa shape index (κ3) is 3.37. The van der Waals surface area contributed by atoms with E-state index < -0.39 is 0 Å². The summed E-state index contributed by atoms with van der Waals surface area (Å²) in [5.41, 5.74) is 3.08. The van der Waals surface area contributed by atoms with Crippen LogP contribution in [0.25, 0.3) is 11.1 Å². The molecule has 1 N–H and O–H groups in total. The van der Waals surface area contributed by atoms with Crippen LogP contribution in [0.3, 0.4) is 0 Å². The number of halogens is 1. The Hall–Kier alpha value is -2.12. The molecule has 6 nitrogen and oxygen atoms in total. The molecule has 0 spiro atoms. The predicted octanol–water partition coefficient (Wildman–Crippen LogP) is 3.53. The van der Waals surface area contributed by atoms with E-state index in [1.165, 1.54) is 0 Å². The van der Waals surface area contributed by atoms with E-state index in [1.54, 1.807) is 25.6 Å². The zero-order valence-corrected chi connectivity index (χ0v) is 15.0. The highest BCUT2D eigenvalue weighted by atomic mass is 79.9. The second-order valence-electron chi connectivity index (χ2n) is 5.45. The van der Waals surface area contributed by atoms with Crippen molar-refractivity contribution >= 4 is 32.9 Å². The van der Waals surface area contributed by atoms with Gasteiger partial charge in [0.15, 0.2) is 10.3 Å². The average Bonchev–Trinajstić information content (AvgIpc) is 3.10. The number of aromatic nitrogens is 2. The van der Waals surface area contributed by atoms with Crippen LogP contribution in [0.4, 0.5) is 0 Å². The number of fused-ring (bicyclic) bond motifs is 1. The fourth-order valence-electron chi connectivity index (χ4n) is 2.63. The number of nitrogens with zero attached hydrogens (tertiary/aromatic N) is 2. The third-order valence-corrected chi connectivity index (χ3v) is 4.26. The first kappa shape index (κ1) is 16.7. The Morgan fingerprint density at radius 3 is 2.88 bits per heavy atom. The summed E-state index contributed by atoms with van der Waals surface area (Å²) in [4.78, 5) is 16.7. The zero-order chi connectivity index (χ0) is 17.1. The number of hydrogen-bond donors (Lipinski definition) is 1. The number of carbonyl (C=O) groups excluding carboxylic acids is 1. The molecule has 126 valence electrons. The van der Waals surface area contributed by atoms with E-state index in [1.807, 2.05) is 29.7 Å². The molecular formula is C17H18BrN3O3. The average molecular weight is 392 g/mol. The van der Waals surface area contributed by atoms with Gasteiger partial charge in [0.1, 0.15) is 5.69 Å². The van der Waals surface area contributed by atoms with Crippen LogP contribution in [0.15, 0.2) is 45.7 Å². The molecule has 0 aromatic carbocycles. The molecular weight excluding hydrogens is 374 g/mol. The van der Waals surface area contributed by atoms with E-state index in [4.69, 9.17) is 9.15 Å². The summed E-state index contributed by atoms with van der Waals surface area (Å²) in [5.74, 6) is -0.155. The van der Waals surface area contributed by atoms with E-state index >= 15 is 0 Å². The summed E-state index contributed by atoms with van der Waals surface area (Å²) in [5, 5.41) is 3.01. The van der Waals surface area contributed by atoms with Gasteiger partial charge in [0.2, 0.25) is 0 Å². The van der Waals surface area contributed by atoms with Crippen molar-refractivity contribution in [1.82, 2.24) is 14.9 Å². The maximum absolute atomic E-state index is 12.7. The molecule has 1 amide bonds. The number of carbonyl (C=O) groups is 1. The fraction of sp³-hybridized carbons (Fsp3) is 0.294. The molecule has 0 aliphatic rings. The van der Waals surface area contributed by atoms with Crippen molar-refractivity contribution in [2.75, 3.05) is 13.7 Å². The van der Waals surface area contributed by atoms with Crippen molar-refractivity contribution in [2.24, 2.45) is 0 Å². The predicted molar refractivity (Wildman–Crippen MR) is 93.9 cm³/mol. The third-order valence-electron chi connectivity index (χ3n) is 3.86. The molecule has 0 saturated heterocycles. The molecule has 0 saturated carbocycles. The van der Waals surface area contributed by atoms with Gasteiger partial charge >= 0.3 is 0 Å². The lowest BCUT2D eigenvalue weighted by atomic mass is 10.1. The molecule has 0 bridgehead atoms. The van der Waals surface area contributed by atoms with Crippen molar-refractivity contribution in [3.63, 3.8) is 0 Å². The Labute approximate surface area is 147 Å². The van der Waals surface area contributed by atoms with Crippen molar-refractivity contribution in [3.8, 4) is 0 Å². The number of nitrogens with one attached hydrogen (secondary N) is 1. The minimum absolute atomic E-state index is 0.121. The van der Waals surface area contributed by atoms with E-state index in [0.29, 0.717) is 29.1 Å². The second kappa shape index (κ2) is 7.19. The Kier molecular flexibility index (Phi) is 5.01. The highest BCUT2D eigenvalue weighted by molar-refractivity contribution is 9.10. The molecule has 1 atom stereocenters. The van der Waals surface area contributed by atoms with Gasteiger partial charge in [-0.05, 0) is 40.5 Å². The molecule has 0 fully saturated rings. The van der Waals surface area contributed by atoms with Crippen molar-refractivity contribution in [2.45, 2.75) is 19.5 Å². The Morgan fingerprint density at radius 2 is 2.17 bits per heavy atom. The van der Waals surface area contributed by atoms with Crippen LogP contribution < -0.4 is 5.32 Å². The van der Waals surface area contributed by atoms with Crippen LogP contribution in [0.2, 0.25) is 0 Å². The summed E-state index contributed by atoms with van der Waals surface area (Å²) in [7, 11) is 1.64. The summed E-state index contributed by atoms with van der Waals surface area (Å²) < 4.78 is 13.3. The molecule has 3 rings (SSSR count). The summed E-state index contributed by atoms with van der Waals surface area (Å²) in [6.45, 7) is 3.02. The summed E-state index contributed by atoms with van der Waals surface area (Å²) in [6.07, 6.45) is 3.42. The monoisotopic (exact) mass is 391 g/mol. The molecule has 1 unspecified atom stereocenters. The largest absolute Gasteiger partial charge is 0.448 e. The van der Waals surface area contributed by atoms with Crippen molar-refractivity contribution in [1.29, 1.82) is 0 Å². The number of pyridine rings is 1. The lowest BCUT2D eigenvalue weighted by Crippen LogP contribution is -2.29. The number of ether oxygens (including phenoxy) is 1. The number of hydrogen-bond acceptors (Lipinski definition) is 4. The SMILES string of the molecule is COCCn1c(C(=O)NC(C)c2ccncc2)cc2oc(Br)cc21. The smallest absolute Gasteiger partial charge is 0.268 e. The molecule has 3 aromatic rings. The van der Waals surface area contributed by atoms with Gasteiger partial charge < -0.3 is 19.0 Å². The van der Waals surface area contributed by atoms with Gasteiger partial charge in [0.25, 0.3) is 5.91 Å². The van der Waals surface area contributed by atoms with Gasteiger partial charge in [-0.1, -0.05) is 0 Å². The first-order valence-corrected chi connectivity index (χ1v) is 8.37. The standard InChI is InChI=1S/C17H18BrN3O3/c1-11(12-3-5-19-6-4-12)20-17(22)14-9-15-13(10-16(18)24-15)21(14)7-8-23-2/h3-6,9-11H,7-8H2,1-2H3,(H,20,22). The Balaban J connectivity index is 1.87. The van der Waals surface area contributed by atoms with Crippen LogP contribution in [0, 0.1) is 0 Å². The topological polar surface area (TPSA) is 69.3 Å². The zero-order valence-electron chi connectivity index (χ0n) is 13.5. The maximum atomic E-state index is 12.7. The minimum Gasteiger partial charge on any atom is -0.448 e. The van der Waals surface area contributed by atoms with Gasteiger partial charge in [-0.25, -0.2) is 0 Å². The highest BCUT2D eigenvalue weighted by Crippen LogP contribution is 2.27. The highest BCUT2D eigenvalue weighted by Gasteiger charge is 2.20. The minimum atomic E-state index is -0.155. The first-order valence-electron chi connectivity index (χ1n) is 7.58.